The van der Waals surface area contributed by atoms with Crippen molar-refractivity contribution in [3.63, 3.8) is 0 Å². The summed E-state index contributed by atoms with van der Waals surface area (Å²) in [5.74, 6) is 0.232. The van der Waals surface area contributed by atoms with Crippen molar-refractivity contribution >= 4 is 37.4 Å². The summed E-state index contributed by atoms with van der Waals surface area (Å²) in [7, 11) is 1.94. The minimum Gasteiger partial charge on any atom is -0.507 e. The molecule has 0 saturated carbocycles. The average Bonchev–Trinajstić information content (AvgIpc) is 3.00. The first-order chi connectivity index (χ1) is 11.5. The molecule has 126 valence electrons. The first-order valence-corrected chi connectivity index (χ1v) is 9.17. The van der Waals surface area contributed by atoms with E-state index >= 15 is 0 Å². The minimum atomic E-state index is -0.143. The summed E-state index contributed by atoms with van der Waals surface area (Å²) in [5.41, 5.74) is 1.75. The molecule has 2 aromatic heterocycles. The van der Waals surface area contributed by atoms with Crippen LogP contribution in [0.4, 0.5) is 5.13 Å². The largest absolute Gasteiger partial charge is 0.507 e. The molecule has 0 unspecified atom stereocenters. The summed E-state index contributed by atoms with van der Waals surface area (Å²) < 4.78 is 2.04. The highest BCUT2D eigenvalue weighted by atomic mass is 79.9. The van der Waals surface area contributed by atoms with Crippen molar-refractivity contribution in [2.24, 2.45) is 0 Å². The maximum absolute atomic E-state index is 12.1. The van der Waals surface area contributed by atoms with E-state index in [1.165, 1.54) is 21.9 Å². The number of aromatic hydroxyl groups is 1. The molecule has 8 heteroatoms. The van der Waals surface area contributed by atoms with Crippen LogP contribution in [-0.4, -0.2) is 33.3 Å². The second-order valence-corrected chi connectivity index (χ2v) is 7.26. The van der Waals surface area contributed by atoms with Gasteiger partial charge in [-0.2, -0.15) is 4.52 Å². The Labute approximate surface area is 151 Å². The lowest BCUT2D eigenvalue weighted by Crippen LogP contribution is -2.21. The number of fused-ring (bicyclic) bond motifs is 1. The Kier molecular flexibility index (Phi) is 4.86. The molecule has 3 rings (SSSR count). The number of aromatic nitrogens is 3. The van der Waals surface area contributed by atoms with Crippen molar-refractivity contribution in [1.29, 1.82) is 0 Å². The average molecular weight is 409 g/mol. The molecule has 0 amide bonds. The molecule has 0 bridgehead atoms. The highest BCUT2D eigenvalue weighted by Crippen LogP contribution is 2.25. The number of hydrogen-bond acceptors (Lipinski definition) is 6. The van der Waals surface area contributed by atoms with Crippen LogP contribution in [0.2, 0.25) is 0 Å². The highest BCUT2D eigenvalue weighted by Gasteiger charge is 2.12. The van der Waals surface area contributed by atoms with Crippen molar-refractivity contribution < 1.29 is 5.11 Å². The van der Waals surface area contributed by atoms with Crippen molar-refractivity contribution in [2.75, 3.05) is 18.5 Å². The maximum Gasteiger partial charge on any atom is 0.275 e. The molecule has 24 heavy (non-hydrogen) atoms. The molecule has 0 fully saturated rings. The fourth-order valence-corrected chi connectivity index (χ4v) is 3.62. The van der Waals surface area contributed by atoms with Gasteiger partial charge in [0, 0.05) is 25.4 Å². The number of benzene rings is 1. The molecule has 3 aromatic rings. The van der Waals surface area contributed by atoms with E-state index in [1.54, 1.807) is 6.07 Å². The van der Waals surface area contributed by atoms with Crippen LogP contribution in [0.5, 0.6) is 5.75 Å². The number of nitrogens with zero attached hydrogens (tertiary/aromatic N) is 4. The van der Waals surface area contributed by atoms with Gasteiger partial charge in [-0.15, -0.1) is 5.10 Å². The zero-order chi connectivity index (χ0) is 17.3. The molecule has 1 aromatic carbocycles. The molecule has 0 aliphatic carbocycles. The lowest BCUT2D eigenvalue weighted by Gasteiger charge is -2.15. The molecule has 2 heterocycles. The zero-order valence-electron chi connectivity index (χ0n) is 13.4. The minimum absolute atomic E-state index is 0.143. The van der Waals surface area contributed by atoms with Crippen LogP contribution in [0.25, 0.3) is 4.96 Å². The summed E-state index contributed by atoms with van der Waals surface area (Å²) in [4.78, 5) is 19.1. The van der Waals surface area contributed by atoms with Crippen LogP contribution in [0, 0.1) is 0 Å². The monoisotopic (exact) mass is 408 g/mol. The molecule has 0 radical (unpaired) electrons. The molecular formula is C16H17BrN4O2S. The van der Waals surface area contributed by atoms with E-state index in [0.29, 0.717) is 9.43 Å². The first kappa shape index (κ1) is 16.9. The number of rotatable bonds is 5. The normalized spacial score (nSPS) is 11.1. The van der Waals surface area contributed by atoms with Crippen LogP contribution in [-0.2, 0) is 12.8 Å². The maximum atomic E-state index is 12.1. The molecule has 0 aliphatic heterocycles. The van der Waals surface area contributed by atoms with Gasteiger partial charge in [-0.3, -0.25) is 4.79 Å². The Morgan fingerprint density at radius 2 is 2.17 bits per heavy atom. The Bertz CT molecular complexity index is 937. The fourth-order valence-electron chi connectivity index (χ4n) is 2.28. The lowest BCUT2D eigenvalue weighted by atomic mass is 10.1. The van der Waals surface area contributed by atoms with Crippen molar-refractivity contribution in [1.82, 2.24) is 14.6 Å². The summed E-state index contributed by atoms with van der Waals surface area (Å²) >= 11 is 4.73. The van der Waals surface area contributed by atoms with E-state index in [4.69, 9.17) is 0 Å². The number of likely N-dealkylation sites (N-methyl/N-ethyl adjacent to an activating group) is 1. The Balaban J connectivity index is 1.78. The molecule has 0 spiro atoms. The molecule has 0 aliphatic rings. The van der Waals surface area contributed by atoms with Crippen LogP contribution < -0.4 is 10.5 Å². The van der Waals surface area contributed by atoms with Crippen molar-refractivity contribution in [2.45, 2.75) is 19.8 Å². The first-order valence-electron chi connectivity index (χ1n) is 7.56. The van der Waals surface area contributed by atoms with Gasteiger partial charge in [-0.05, 0) is 46.5 Å². The van der Waals surface area contributed by atoms with Crippen LogP contribution in [0.15, 0.2) is 33.5 Å². The van der Waals surface area contributed by atoms with E-state index in [-0.39, 0.29) is 11.3 Å². The van der Waals surface area contributed by atoms with Gasteiger partial charge in [0.25, 0.3) is 5.56 Å². The van der Waals surface area contributed by atoms with Gasteiger partial charge in [-0.1, -0.05) is 24.3 Å². The topological polar surface area (TPSA) is 70.7 Å². The highest BCUT2D eigenvalue weighted by molar-refractivity contribution is 9.10. The van der Waals surface area contributed by atoms with Gasteiger partial charge in [0.05, 0.1) is 4.47 Å². The number of aryl methyl sites for hydroxylation is 1. The van der Waals surface area contributed by atoms with Gasteiger partial charge in [0.2, 0.25) is 10.1 Å². The molecule has 6 nitrogen and oxygen atoms in total. The van der Waals surface area contributed by atoms with Crippen LogP contribution in [0.1, 0.15) is 18.2 Å². The Morgan fingerprint density at radius 3 is 2.88 bits per heavy atom. The summed E-state index contributed by atoms with van der Waals surface area (Å²) in [6.45, 7) is 2.72. The third-order valence-electron chi connectivity index (χ3n) is 3.72. The Hall–Kier alpha value is -1.93. The summed E-state index contributed by atoms with van der Waals surface area (Å²) in [6.07, 6.45) is 1.53. The predicted molar refractivity (Wildman–Crippen MR) is 99.3 cm³/mol. The van der Waals surface area contributed by atoms with Gasteiger partial charge < -0.3 is 10.0 Å². The Morgan fingerprint density at radius 1 is 1.38 bits per heavy atom. The third kappa shape index (κ3) is 3.44. The molecule has 0 atom stereocenters. The van der Waals surface area contributed by atoms with Gasteiger partial charge in [0.1, 0.15) is 5.75 Å². The van der Waals surface area contributed by atoms with Crippen molar-refractivity contribution in [3.8, 4) is 5.75 Å². The van der Waals surface area contributed by atoms with E-state index in [2.05, 4.69) is 26.0 Å². The SMILES string of the molecule is CCc1cc(=O)n2nc(N(C)CCc3ccc(O)c(Br)c3)sc2n1. The van der Waals surface area contributed by atoms with Crippen molar-refractivity contribution in [3.05, 3.63) is 50.3 Å². The number of halogens is 1. The zero-order valence-corrected chi connectivity index (χ0v) is 15.8. The second-order valence-electron chi connectivity index (χ2n) is 5.48. The predicted octanol–water partition coefficient (Wildman–Crippen LogP) is 2.86. The van der Waals surface area contributed by atoms with Crippen LogP contribution >= 0.6 is 27.3 Å². The standard InChI is InChI=1S/C16H17BrN4O2S/c1-3-11-9-14(23)21-15(18-11)24-16(19-21)20(2)7-6-10-4-5-13(22)12(17)8-10/h4-5,8-9,22H,3,6-7H2,1-2H3. The number of anilines is 1. The van der Waals surface area contributed by atoms with Gasteiger partial charge >= 0.3 is 0 Å². The van der Waals surface area contributed by atoms with Gasteiger partial charge in [-0.25, -0.2) is 4.98 Å². The third-order valence-corrected chi connectivity index (χ3v) is 5.38. The van der Waals surface area contributed by atoms with Gasteiger partial charge in [0.15, 0.2) is 0 Å². The van der Waals surface area contributed by atoms with E-state index < -0.39 is 0 Å². The van der Waals surface area contributed by atoms with Crippen LogP contribution in [0.3, 0.4) is 0 Å². The fraction of sp³-hybridized carbons (Fsp3) is 0.312. The quantitative estimate of drug-likeness (QED) is 0.702. The van der Waals surface area contributed by atoms with E-state index in [9.17, 15) is 9.90 Å². The second kappa shape index (κ2) is 6.90. The number of hydrogen-bond donors (Lipinski definition) is 1. The number of phenolic OH excluding ortho intramolecular Hbond substituents is 1. The summed E-state index contributed by atoms with van der Waals surface area (Å²) in [6, 6.07) is 7.00. The molecule has 0 saturated heterocycles. The molecular weight excluding hydrogens is 392 g/mol. The molecule has 1 N–H and O–H groups in total. The lowest BCUT2D eigenvalue weighted by molar-refractivity contribution is 0.471. The smallest absolute Gasteiger partial charge is 0.275 e. The number of phenols is 1. The van der Waals surface area contributed by atoms with E-state index in [1.807, 2.05) is 31.0 Å². The van der Waals surface area contributed by atoms with E-state index in [0.717, 1.165) is 35.8 Å². The summed E-state index contributed by atoms with van der Waals surface area (Å²) in [5, 5.41) is 14.7.